The topological polar surface area (TPSA) is 56.8 Å². The fourth-order valence-electron chi connectivity index (χ4n) is 2.41. The molecule has 0 spiro atoms. The lowest BCUT2D eigenvalue weighted by molar-refractivity contribution is -0.121. The molecule has 0 heterocycles. The van der Waals surface area contributed by atoms with Crippen LogP contribution in [0.1, 0.15) is 17.5 Å². The van der Waals surface area contributed by atoms with E-state index in [0.29, 0.717) is 48.3 Å². The molecule has 0 aliphatic carbocycles. The van der Waals surface area contributed by atoms with E-state index < -0.39 is 0 Å². The summed E-state index contributed by atoms with van der Waals surface area (Å²) in [7, 11) is 3.19. The van der Waals surface area contributed by atoms with Crippen LogP contribution in [0.3, 0.4) is 0 Å². The van der Waals surface area contributed by atoms with E-state index in [1.165, 1.54) is 0 Å². The quantitative estimate of drug-likeness (QED) is 0.675. The minimum Gasteiger partial charge on any atom is -0.493 e. The zero-order valence-corrected chi connectivity index (χ0v) is 16.1. The number of hydrogen-bond donors (Lipinski definition) is 1. The van der Waals surface area contributed by atoms with Crippen LogP contribution in [0.15, 0.2) is 36.4 Å². The van der Waals surface area contributed by atoms with E-state index in [1.807, 2.05) is 37.3 Å². The Morgan fingerprint density at radius 3 is 2.54 bits per heavy atom. The average Bonchev–Trinajstić information content (AvgIpc) is 2.66. The molecule has 0 fully saturated rings. The van der Waals surface area contributed by atoms with E-state index in [0.717, 1.165) is 11.1 Å². The molecule has 0 aromatic heterocycles. The van der Waals surface area contributed by atoms with Crippen molar-refractivity contribution in [2.45, 2.75) is 19.8 Å². The van der Waals surface area contributed by atoms with Crippen molar-refractivity contribution in [1.82, 2.24) is 5.32 Å². The summed E-state index contributed by atoms with van der Waals surface area (Å²) < 4.78 is 16.1. The van der Waals surface area contributed by atoms with Crippen molar-refractivity contribution in [2.75, 3.05) is 27.4 Å². The average molecular weight is 378 g/mol. The van der Waals surface area contributed by atoms with Crippen LogP contribution in [0.4, 0.5) is 0 Å². The van der Waals surface area contributed by atoms with Crippen molar-refractivity contribution in [3.63, 3.8) is 0 Å². The number of aryl methyl sites for hydroxylation is 2. The summed E-state index contributed by atoms with van der Waals surface area (Å²) in [5, 5.41) is 3.52. The zero-order valence-electron chi connectivity index (χ0n) is 15.3. The summed E-state index contributed by atoms with van der Waals surface area (Å²) in [6, 6.07) is 11.2. The molecular formula is C20H24ClNO4. The smallest absolute Gasteiger partial charge is 0.220 e. The van der Waals surface area contributed by atoms with Crippen LogP contribution in [0.25, 0.3) is 0 Å². The largest absolute Gasteiger partial charge is 0.493 e. The Labute approximate surface area is 159 Å². The van der Waals surface area contributed by atoms with Gasteiger partial charge in [-0.25, -0.2) is 0 Å². The number of nitrogens with one attached hydrogen (secondary N) is 1. The van der Waals surface area contributed by atoms with Crippen molar-refractivity contribution in [2.24, 2.45) is 0 Å². The molecule has 140 valence electrons. The number of amides is 1. The molecule has 1 N–H and O–H groups in total. The van der Waals surface area contributed by atoms with Gasteiger partial charge in [0.25, 0.3) is 0 Å². The predicted molar refractivity (Wildman–Crippen MR) is 103 cm³/mol. The maximum absolute atomic E-state index is 12.0. The Hall–Kier alpha value is -2.40. The standard InChI is InChI=1S/C20H24ClNO4/c1-14-4-7-16(13-17(14)21)26-11-10-22-20(23)9-6-15-5-8-18(24-2)19(12-15)25-3/h4-5,7-8,12-13H,6,9-11H2,1-3H3,(H,22,23). The number of carbonyl (C=O) groups excluding carboxylic acids is 1. The van der Waals surface area contributed by atoms with Gasteiger partial charge in [0.1, 0.15) is 12.4 Å². The highest BCUT2D eigenvalue weighted by Gasteiger charge is 2.07. The van der Waals surface area contributed by atoms with Crippen molar-refractivity contribution in [3.8, 4) is 17.2 Å². The van der Waals surface area contributed by atoms with E-state index in [4.69, 9.17) is 25.8 Å². The Morgan fingerprint density at radius 1 is 1.08 bits per heavy atom. The summed E-state index contributed by atoms with van der Waals surface area (Å²) in [5.74, 6) is 2.01. The zero-order chi connectivity index (χ0) is 18.9. The van der Waals surface area contributed by atoms with Gasteiger partial charge in [-0.05, 0) is 48.7 Å². The van der Waals surface area contributed by atoms with Crippen LogP contribution < -0.4 is 19.5 Å². The SMILES string of the molecule is COc1ccc(CCC(=O)NCCOc2ccc(C)c(Cl)c2)cc1OC. The van der Waals surface area contributed by atoms with Gasteiger partial charge in [-0.3, -0.25) is 4.79 Å². The molecular weight excluding hydrogens is 354 g/mol. The third-order valence-electron chi connectivity index (χ3n) is 3.92. The van der Waals surface area contributed by atoms with Crippen molar-refractivity contribution < 1.29 is 19.0 Å². The number of benzene rings is 2. The highest BCUT2D eigenvalue weighted by atomic mass is 35.5. The molecule has 0 radical (unpaired) electrons. The fraction of sp³-hybridized carbons (Fsp3) is 0.350. The van der Waals surface area contributed by atoms with E-state index in [2.05, 4.69) is 5.32 Å². The Bertz CT molecular complexity index is 749. The van der Waals surface area contributed by atoms with Gasteiger partial charge in [0.2, 0.25) is 5.91 Å². The number of rotatable bonds is 9. The maximum Gasteiger partial charge on any atom is 0.220 e. The van der Waals surface area contributed by atoms with Crippen LogP contribution in [0, 0.1) is 6.92 Å². The molecule has 0 saturated carbocycles. The summed E-state index contributed by atoms with van der Waals surface area (Å²) >= 11 is 6.05. The lowest BCUT2D eigenvalue weighted by Gasteiger charge is -2.10. The van der Waals surface area contributed by atoms with Gasteiger partial charge in [0.05, 0.1) is 20.8 Å². The minimum absolute atomic E-state index is 0.0228. The molecule has 0 unspecified atom stereocenters. The molecule has 1 amide bonds. The minimum atomic E-state index is -0.0228. The van der Waals surface area contributed by atoms with Crippen molar-refractivity contribution >= 4 is 17.5 Å². The second-order valence-corrected chi connectivity index (χ2v) is 6.21. The molecule has 0 aliphatic rings. The fourth-order valence-corrected chi connectivity index (χ4v) is 2.58. The van der Waals surface area contributed by atoms with E-state index in [9.17, 15) is 4.79 Å². The van der Waals surface area contributed by atoms with Gasteiger partial charge >= 0.3 is 0 Å². The van der Waals surface area contributed by atoms with E-state index in [1.54, 1.807) is 20.3 Å². The first-order chi connectivity index (χ1) is 12.5. The summed E-state index contributed by atoms with van der Waals surface area (Å²) in [6.07, 6.45) is 1.02. The number of methoxy groups -OCH3 is 2. The third kappa shape index (κ3) is 5.85. The predicted octanol–water partition coefficient (Wildman–Crippen LogP) is 3.79. The summed E-state index contributed by atoms with van der Waals surface area (Å²) in [4.78, 5) is 12.0. The van der Waals surface area contributed by atoms with Gasteiger partial charge in [0.15, 0.2) is 11.5 Å². The molecule has 0 saturated heterocycles. The summed E-state index contributed by atoms with van der Waals surface area (Å²) in [5.41, 5.74) is 2.02. The van der Waals surface area contributed by atoms with Gasteiger partial charge in [0, 0.05) is 11.4 Å². The summed E-state index contributed by atoms with van der Waals surface area (Å²) in [6.45, 7) is 2.77. The highest BCUT2D eigenvalue weighted by Crippen LogP contribution is 2.28. The van der Waals surface area contributed by atoms with Gasteiger partial charge in [-0.15, -0.1) is 0 Å². The number of hydrogen-bond acceptors (Lipinski definition) is 4. The van der Waals surface area contributed by atoms with E-state index >= 15 is 0 Å². The van der Waals surface area contributed by atoms with Crippen LogP contribution in [0.2, 0.25) is 5.02 Å². The molecule has 0 atom stereocenters. The molecule has 2 aromatic rings. The van der Waals surface area contributed by atoms with Gasteiger partial charge < -0.3 is 19.5 Å². The first kappa shape index (κ1) is 19.9. The molecule has 6 heteroatoms. The number of halogens is 1. The second kappa shape index (κ2) is 9.92. The molecule has 2 aromatic carbocycles. The molecule has 2 rings (SSSR count). The lowest BCUT2D eigenvalue weighted by Crippen LogP contribution is -2.28. The van der Waals surface area contributed by atoms with Crippen LogP contribution >= 0.6 is 11.6 Å². The first-order valence-electron chi connectivity index (χ1n) is 8.40. The van der Waals surface area contributed by atoms with E-state index in [-0.39, 0.29) is 5.91 Å². The van der Waals surface area contributed by atoms with Crippen molar-refractivity contribution in [1.29, 1.82) is 0 Å². The monoisotopic (exact) mass is 377 g/mol. The molecule has 0 bridgehead atoms. The van der Waals surface area contributed by atoms with Crippen LogP contribution in [-0.4, -0.2) is 33.3 Å². The first-order valence-corrected chi connectivity index (χ1v) is 8.78. The number of ether oxygens (including phenoxy) is 3. The van der Waals surface area contributed by atoms with Crippen molar-refractivity contribution in [3.05, 3.63) is 52.5 Å². The normalized spacial score (nSPS) is 10.3. The lowest BCUT2D eigenvalue weighted by atomic mass is 10.1. The second-order valence-electron chi connectivity index (χ2n) is 5.80. The Morgan fingerprint density at radius 2 is 1.85 bits per heavy atom. The number of carbonyl (C=O) groups is 1. The Balaban J connectivity index is 1.71. The maximum atomic E-state index is 12.0. The highest BCUT2D eigenvalue weighted by molar-refractivity contribution is 6.31. The third-order valence-corrected chi connectivity index (χ3v) is 4.33. The van der Waals surface area contributed by atoms with Crippen LogP contribution in [0.5, 0.6) is 17.2 Å². The Kier molecular flexibility index (Phi) is 7.60. The molecule has 5 nitrogen and oxygen atoms in total. The van der Waals surface area contributed by atoms with Crippen LogP contribution in [-0.2, 0) is 11.2 Å². The van der Waals surface area contributed by atoms with Gasteiger partial charge in [-0.1, -0.05) is 23.7 Å². The van der Waals surface area contributed by atoms with Gasteiger partial charge in [-0.2, -0.15) is 0 Å². The molecule has 26 heavy (non-hydrogen) atoms. The molecule has 0 aliphatic heterocycles.